The van der Waals surface area contributed by atoms with Crippen LogP contribution in [0.5, 0.6) is 0 Å². The molecule has 0 fully saturated rings. The van der Waals surface area contributed by atoms with E-state index in [1.165, 1.54) is 12.1 Å². The molecular formula is C20H21FN8O2. The second-order valence-corrected chi connectivity index (χ2v) is 5.76. The van der Waals surface area contributed by atoms with Crippen molar-refractivity contribution in [2.75, 3.05) is 30.5 Å². The normalized spacial score (nSPS) is 21.4. The number of nitrogens with zero attached hydrogens (tertiary/aromatic N) is 5. The van der Waals surface area contributed by atoms with Crippen LogP contribution in [0.1, 0.15) is 22.4 Å². The van der Waals surface area contributed by atoms with Gasteiger partial charge in [0.1, 0.15) is 11.5 Å². The first-order valence-corrected chi connectivity index (χ1v) is 8.41. The van der Waals surface area contributed by atoms with Crippen molar-refractivity contribution in [2.45, 2.75) is 6.50 Å². The van der Waals surface area contributed by atoms with Gasteiger partial charge in [-0.25, -0.2) is 24.1 Å². The minimum Gasteiger partial charge on any atom is -0.452 e. The lowest BCUT2D eigenvalue weighted by atomic mass is 10.1. The predicted molar refractivity (Wildman–Crippen MR) is 118 cm³/mol. The van der Waals surface area contributed by atoms with Crippen LogP contribution in [-0.2, 0) is 11.2 Å². The monoisotopic (exact) mass is 432 g/mol. The first-order valence-electron chi connectivity index (χ1n) is 12.4. The molecule has 1 aromatic carbocycles. The number of amides is 1. The summed E-state index contributed by atoms with van der Waals surface area (Å²) in [5.41, 5.74) is 15.8. The summed E-state index contributed by atoms with van der Waals surface area (Å²) in [4.78, 5) is 27.6. The number of halogens is 1. The molecule has 0 saturated heterocycles. The van der Waals surface area contributed by atoms with E-state index in [0.29, 0.717) is 0 Å². The Morgan fingerprint density at radius 2 is 2.06 bits per heavy atom. The van der Waals surface area contributed by atoms with Gasteiger partial charge in [0, 0.05) is 28.4 Å². The SMILES string of the molecule is [2H]C1=NC(=NC([2H])([2H])c2ccccc2F)C(=C(N)c2nc(N)c(N(C(=O)OC)C([2H])([2H])[2H])c(N)n2)C([2H])=C1[2H]. The van der Waals surface area contributed by atoms with Crippen molar-refractivity contribution in [3.63, 3.8) is 0 Å². The van der Waals surface area contributed by atoms with Gasteiger partial charge in [0.2, 0.25) is 0 Å². The fourth-order valence-corrected chi connectivity index (χ4v) is 2.35. The van der Waals surface area contributed by atoms with Crippen LogP contribution in [-0.4, -0.2) is 42.2 Å². The molecule has 1 aliphatic rings. The van der Waals surface area contributed by atoms with Gasteiger partial charge >= 0.3 is 6.09 Å². The number of hydrogen-bond acceptors (Lipinski definition) is 8. The van der Waals surface area contributed by atoms with Gasteiger partial charge in [0.15, 0.2) is 23.3 Å². The maximum absolute atomic E-state index is 14.3. The number of benzene rings is 1. The number of rotatable bonds is 4. The summed E-state index contributed by atoms with van der Waals surface area (Å²) < 4.78 is 82.3. The van der Waals surface area contributed by atoms with Crippen LogP contribution >= 0.6 is 0 Å². The van der Waals surface area contributed by atoms with E-state index in [4.69, 9.17) is 28.2 Å². The molecule has 0 saturated carbocycles. The van der Waals surface area contributed by atoms with Crippen molar-refractivity contribution in [3.8, 4) is 0 Å². The molecule has 1 aromatic heterocycles. The van der Waals surface area contributed by atoms with Crippen molar-refractivity contribution >= 4 is 41.1 Å². The van der Waals surface area contributed by atoms with Gasteiger partial charge in [0.05, 0.1) is 26.2 Å². The number of allylic oxidation sites excluding steroid dienone is 1. The largest absolute Gasteiger partial charge is 0.452 e. The van der Waals surface area contributed by atoms with Gasteiger partial charge in [-0.1, -0.05) is 18.2 Å². The molecule has 160 valence electrons. The third-order valence-corrected chi connectivity index (χ3v) is 3.81. The molecule has 2 heterocycles. The number of amidine groups is 1. The average Bonchev–Trinajstić information content (AvgIpc) is 2.83. The molecule has 0 radical (unpaired) electrons. The number of methoxy groups -OCH3 is 1. The Morgan fingerprint density at radius 3 is 2.71 bits per heavy atom. The zero-order valence-electron chi connectivity index (χ0n) is 24.0. The van der Waals surface area contributed by atoms with Crippen LogP contribution in [0.2, 0.25) is 0 Å². The highest BCUT2D eigenvalue weighted by molar-refractivity contribution is 6.13. The summed E-state index contributed by atoms with van der Waals surface area (Å²) in [6.45, 7) is -5.87. The van der Waals surface area contributed by atoms with Crippen LogP contribution < -0.4 is 22.1 Å². The fraction of sp³-hybridized carbons (Fsp3) is 0.150. The molecule has 6 N–H and O–H groups in total. The summed E-state index contributed by atoms with van der Waals surface area (Å²) in [6.07, 6.45) is -2.10. The molecule has 31 heavy (non-hydrogen) atoms. The minimum absolute atomic E-state index is 0.148. The van der Waals surface area contributed by atoms with Gasteiger partial charge in [0.25, 0.3) is 0 Å². The van der Waals surface area contributed by atoms with E-state index in [1.54, 1.807) is 0 Å². The molecule has 10 nitrogen and oxygen atoms in total. The lowest BCUT2D eigenvalue weighted by molar-refractivity contribution is 0.180. The van der Waals surface area contributed by atoms with Crippen LogP contribution in [0.15, 0.2) is 51.9 Å². The fourth-order valence-electron chi connectivity index (χ4n) is 2.35. The van der Waals surface area contributed by atoms with E-state index in [0.717, 1.165) is 19.2 Å². The number of carbonyl (C=O) groups excluding carboxylic acids is 1. The Bertz CT molecular complexity index is 1450. The third-order valence-electron chi connectivity index (χ3n) is 3.81. The maximum atomic E-state index is 14.3. The average molecular weight is 432 g/mol. The van der Waals surface area contributed by atoms with Gasteiger partial charge in [-0.05, 0) is 18.2 Å². The summed E-state index contributed by atoms with van der Waals surface area (Å²) in [6, 6.07) is 3.42. The number of carbonyl (C=O) groups is 1. The molecule has 1 amide bonds. The van der Waals surface area contributed by atoms with E-state index >= 15 is 0 Å². The topological polar surface area (TPSA) is 158 Å². The van der Waals surface area contributed by atoms with E-state index in [2.05, 4.69) is 24.7 Å². The number of anilines is 3. The van der Waals surface area contributed by atoms with Crippen molar-refractivity contribution in [1.29, 1.82) is 0 Å². The van der Waals surface area contributed by atoms with Gasteiger partial charge in [-0.2, -0.15) is 0 Å². The van der Waals surface area contributed by atoms with Crippen molar-refractivity contribution in [2.24, 2.45) is 15.7 Å². The summed E-state index contributed by atoms with van der Waals surface area (Å²) in [5.74, 6) is -3.38. The third kappa shape index (κ3) is 4.50. The number of nitrogens with two attached hydrogens (primary N) is 3. The van der Waals surface area contributed by atoms with E-state index in [9.17, 15) is 9.18 Å². The summed E-state index contributed by atoms with van der Waals surface area (Å²) in [5, 5.41) is 0. The molecule has 2 aromatic rings. The maximum Gasteiger partial charge on any atom is 0.413 e. The first-order chi connectivity index (χ1) is 18.0. The molecule has 0 bridgehead atoms. The van der Waals surface area contributed by atoms with Gasteiger partial charge in [-0.3, -0.25) is 9.89 Å². The number of aromatic nitrogens is 2. The first kappa shape index (κ1) is 13.1. The van der Waals surface area contributed by atoms with Crippen LogP contribution in [0.3, 0.4) is 0 Å². The molecule has 1 aliphatic heterocycles. The molecular weight excluding hydrogens is 403 g/mol. The van der Waals surface area contributed by atoms with Gasteiger partial charge in [-0.15, -0.1) is 0 Å². The Kier molecular flexibility index (Phi) is 3.82. The van der Waals surface area contributed by atoms with Gasteiger partial charge < -0.3 is 21.9 Å². The van der Waals surface area contributed by atoms with Crippen LogP contribution in [0.25, 0.3) is 5.70 Å². The van der Waals surface area contributed by atoms with Crippen molar-refractivity contribution in [3.05, 3.63) is 59.1 Å². The van der Waals surface area contributed by atoms with Crippen molar-refractivity contribution in [1.82, 2.24) is 9.97 Å². The lowest BCUT2D eigenvalue weighted by Gasteiger charge is -2.19. The summed E-state index contributed by atoms with van der Waals surface area (Å²) >= 11 is 0. The highest BCUT2D eigenvalue weighted by Gasteiger charge is 2.22. The Hall–Kier alpha value is -4.28. The molecule has 0 spiro atoms. The van der Waals surface area contributed by atoms with E-state index < -0.39 is 89.5 Å². The zero-order chi connectivity index (χ0) is 29.4. The number of hydrogen-bond donors (Lipinski definition) is 3. The van der Waals surface area contributed by atoms with Crippen molar-refractivity contribution < 1.29 is 24.9 Å². The highest BCUT2D eigenvalue weighted by Crippen LogP contribution is 2.29. The van der Waals surface area contributed by atoms with E-state index in [-0.39, 0.29) is 4.90 Å². The second kappa shape index (κ2) is 9.03. The molecule has 11 heteroatoms. The molecule has 3 rings (SSSR count). The molecule has 0 aliphatic carbocycles. The number of aliphatic imine (C=N–C) groups is 2. The van der Waals surface area contributed by atoms with E-state index in [1.807, 2.05) is 0 Å². The Labute approximate surface area is 188 Å². The quantitative estimate of drug-likeness (QED) is 0.665. The summed E-state index contributed by atoms with van der Waals surface area (Å²) in [7, 11) is 0.927. The number of ether oxygens (including phenoxy) is 1. The zero-order valence-corrected chi connectivity index (χ0v) is 16.0. The minimum atomic E-state index is -3.11. The number of dihydropyridines is 1. The number of nitrogen functional groups attached to an aromatic ring is 2. The smallest absolute Gasteiger partial charge is 0.413 e. The Balaban J connectivity index is 2.26. The standard InChI is InChI=1S/C20H21FN8O2/c1-29(20(30)31-2)15-16(23)27-19(28-17(15)24)14(22)12-7-5-9-25-18(12)26-10-11-6-3-4-8-13(11)21/h3-9H,10,22H2,1-2H3,(H4,23,24,27,28)/i1D3,5D,7D,9D,10D2. The second-order valence-electron chi connectivity index (χ2n) is 5.76. The molecule has 0 atom stereocenters. The Morgan fingerprint density at radius 1 is 1.35 bits per heavy atom. The molecule has 0 unspecified atom stereocenters. The lowest BCUT2D eigenvalue weighted by Crippen LogP contribution is -2.28. The van der Waals surface area contributed by atoms with Crippen LogP contribution in [0, 0.1) is 5.82 Å². The highest BCUT2D eigenvalue weighted by atomic mass is 19.1. The van der Waals surface area contributed by atoms with Crippen LogP contribution in [0.4, 0.5) is 26.5 Å². The predicted octanol–water partition coefficient (Wildman–Crippen LogP) is 1.89.